The molecular formula is C32H26Cl2N4O6S2. The van der Waals surface area contributed by atoms with Crippen molar-refractivity contribution in [2.45, 2.75) is 23.6 Å². The zero-order valence-electron chi connectivity index (χ0n) is 24.3. The van der Waals surface area contributed by atoms with Crippen molar-refractivity contribution in [1.29, 1.82) is 0 Å². The summed E-state index contributed by atoms with van der Waals surface area (Å²) in [5.41, 5.74) is 4.29. The van der Waals surface area contributed by atoms with Crippen LogP contribution < -0.4 is 9.44 Å². The largest absolute Gasteiger partial charge is 0.336 e. The summed E-state index contributed by atoms with van der Waals surface area (Å²) < 4.78 is 64.4. The van der Waals surface area contributed by atoms with E-state index in [-0.39, 0.29) is 31.6 Å². The molecule has 0 amide bonds. The zero-order chi connectivity index (χ0) is 32.9. The van der Waals surface area contributed by atoms with E-state index in [2.05, 4.69) is 19.8 Å². The number of benzene rings is 4. The fourth-order valence-electron chi connectivity index (χ4n) is 4.15. The summed E-state index contributed by atoms with van der Waals surface area (Å²) in [4.78, 5) is 0.230. The topological polar surface area (TPSA) is 144 Å². The van der Waals surface area contributed by atoms with E-state index in [1.165, 1.54) is 12.1 Å². The van der Waals surface area contributed by atoms with Crippen molar-refractivity contribution in [3.8, 4) is 22.3 Å². The minimum absolute atomic E-state index is 0.0886. The second-order valence-electron chi connectivity index (χ2n) is 9.82. The van der Waals surface area contributed by atoms with Gasteiger partial charge in [0, 0.05) is 0 Å². The molecular weight excluding hydrogens is 671 g/mol. The molecule has 46 heavy (non-hydrogen) atoms. The molecule has 0 aliphatic carbocycles. The molecule has 0 atom stereocenters. The minimum atomic E-state index is -3.82. The van der Waals surface area contributed by atoms with E-state index in [0.717, 1.165) is 22.3 Å². The maximum atomic E-state index is 12.5. The van der Waals surface area contributed by atoms with Gasteiger partial charge >= 0.3 is 0 Å². The Morgan fingerprint density at radius 2 is 0.870 bits per heavy atom. The molecule has 0 bridgehead atoms. The van der Waals surface area contributed by atoms with Gasteiger partial charge in [-0.05, 0) is 60.4 Å². The van der Waals surface area contributed by atoms with Crippen molar-refractivity contribution in [2.75, 3.05) is 9.44 Å². The van der Waals surface area contributed by atoms with Gasteiger partial charge in [-0.3, -0.25) is 0 Å². The summed E-state index contributed by atoms with van der Waals surface area (Å²) in [6, 6.07) is 32.3. The number of anilines is 2. The summed E-state index contributed by atoms with van der Waals surface area (Å²) in [7, 11) is -7.64. The molecule has 10 nitrogen and oxygen atoms in total. The lowest BCUT2D eigenvalue weighted by Gasteiger charge is -2.07. The van der Waals surface area contributed by atoms with Crippen LogP contribution in [0.2, 0.25) is 10.0 Å². The first kappa shape index (κ1) is 32.8. The van der Waals surface area contributed by atoms with Crippen LogP contribution in [-0.2, 0) is 20.0 Å². The Balaban J connectivity index is 0.000000181. The molecule has 0 aliphatic heterocycles. The number of nitrogens with zero attached hydrogens (tertiary/aromatic N) is 2. The molecule has 14 heteroatoms. The number of aromatic nitrogens is 2. The highest BCUT2D eigenvalue weighted by Crippen LogP contribution is 2.30. The highest BCUT2D eigenvalue weighted by molar-refractivity contribution is 7.93. The van der Waals surface area contributed by atoms with Crippen molar-refractivity contribution in [2.24, 2.45) is 0 Å². The molecule has 0 spiro atoms. The maximum absolute atomic E-state index is 12.5. The van der Waals surface area contributed by atoms with E-state index in [4.69, 9.17) is 32.2 Å². The Hall–Kier alpha value is -4.62. The van der Waals surface area contributed by atoms with E-state index in [9.17, 15) is 16.8 Å². The third kappa shape index (κ3) is 7.60. The van der Waals surface area contributed by atoms with E-state index >= 15 is 0 Å². The standard InChI is InChI=1S/2C16H13ClN2O3S/c2*1-11-15(17)16(22-18-11)19-23(20,21)14-9-5-8-13(10-14)12-6-3-2-4-7-12/h2*2-10,19H,1H3. The van der Waals surface area contributed by atoms with Gasteiger partial charge in [-0.2, -0.15) is 0 Å². The van der Waals surface area contributed by atoms with Gasteiger partial charge in [-0.25, -0.2) is 26.3 Å². The predicted octanol–water partition coefficient (Wildman–Crippen LogP) is 8.21. The molecule has 0 saturated carbocycles. The number of halogens is 2. The van der Waals surface area contributed by atoms with Crippen LogP contribution in [0.1, 0.15) is 11.4 Å². The Morgan fingerprint density at radius 1 is 0.522 bits per heavy atom. The number of sulfonamides is 2. The molecule has 0 fully saturated rings. The van der Waals surface area contributed by atoms with E-state index < -0.39 is 20.0 Å². The summed E-state index contributed by atoms with van der Waals surface area (Å²) in [6.07, 6.45) is 0. The van der Waals surface area contributed by atoms with Crippen molar-refractivity contribution in [3.63, 3.8) is 0 Å². The molecule has 6 rings (SSSR count). The SMILES string of the molecule is Cc1noc(NS(=O)(=O)c2cccc(-c3ccccc3)c2)c1Cl.Cc1noc(NS(=O)(=O)c2cccc(-c3ccccc3)c2)c1Cl. The zero-order valence-corrected chi connectivity index (χ0v) is 27.5. The monoisotopic (exact) mass is 696 g/mol. The van der Waals surface area contributed by atoms with Crippen LogP contribution in [0.5, 0.6) is 0 Å². The van der Waals surface area contributed by atoms with Crippen LogP contribution in [0.3, 0.4) is 0 Å². The van der Waals surface area contributed by atoms with Gasteiger partial charge in [0.1, 0.15) is 21.4 Å². The van der Waals surface area contributed by atoms with Crippen molar-refractivity contribution in [3.05, 3.63) is 131 Å². The Morgan fingerprint density at radius 3 is 1.20 bits per heavy atom. The van der Waals surface area contributed by atoms with Crippen LogP contribution in [-0.4, -0.2) is 27.1 Å². The molecule has 2 aromatic heterocycles. The first-order valence-corrected chi connectivity index (χ1v) is 17.3. The molecule has 2 heterocycles. The molecule has 2 N–H and O–H groups in total. The number of aryl methyl sites for hydroxylation is 2. The number of hydrogen-bond donors (Lipinski definition) is 2. The molecule has 6 aromatic rings. The lowest BCUT2D eigenvalue weighted by Crippen LogP contribution is -2.12. The third-order valence-electron chi connectivity index (χ3n) is 6.54. The van der Waals surface area contributed by atoms with Gasteiger partial charge < -0.3 is 9.05 Å². The molecule has 0 unspecified atom stereocenters. The smallest absolute Gasteiger partial charge is 0.264 e. The Bertz CT molecular complexity index is 2030. The highest BCUT2D eigenvalue weighted by atomic mass is 35.5. The van der Waals surface area contributed by atoms with Gasteiger partial charge in [0.05, 0.1) is 9.79 Å². The fraction of sp³-hybridized carbons (Fsp3) is 0.0625. The van der Waals surface area contributed by atoms with Crippen molar-refractivity contribution >= 4 is 55.0 Å². The summed E-state index contributed by atoms with van der Waals surface area (Å²) in [6.45, 7) is 3.25. The average molecular weight is 698 g/mol. The third-order valence-corrected chi connectivity index (χ3v) is 10.1. The molecule has 0 saturated heterocycles. The maximum Gasteiger partial charge on any atom is 0.264 e. The normalized spacial score (nSPS) is 11.4. The number of rotatable bonds is 8. The van der Waals surface area contributed by atoms with Gasteiger partial charge in [0.25, 0.3) is 31.8 Å². The second kappa shape index (κ2) is 13.8. The fourth-order valence-corrected chi connectivity index (χ4v) is 6.58. The first-order chi connectivity index (χ1) is 21.9. The summed E-state index contributed by atoms with van der Waals surface area (Å²) in [5, 5.41) is 7.54. The Kier molecular flexibility index (Phi) is 9.82. The lowest BCUT2D eigenvalue weighted by molar-refractivity contribution is 0.430. The van der Waals surface area contributed by atoms with Crippen LogP contribution in [0.25, 0.3) is 22.3 Å². The molecule has 0 radical (unpaired) electrons. The second-order valence-corrected chi connectivity index (χ2v) is 13.9. The number of hydrogen-bond acceptors (Lipinski definition) is 8. The highest BCUT2D eigenvalue weighted by Gasteiger charge is 2.22. The van der Waals surface area contributed by atoms with E-state index in [1.54, 1.807) is 38.1 Å². The molecule has 236 valence electrons. The van der Waals surface area contributed by atoms with Crippen LogP contribution >= 0.6 is 23.2 Å². The molecule has 0 aliphatic rings. The van der Waals surface area contributed by atoms with Gasteiger partial charge in [0.2, 0.25) is 0 Å². The summed E-state index contributed by atoms with van der Waals surface area (Å²) in [5.74, 6) is -0.177. The van der Waals surface area contributed by atoms with Crippen LogP contribution in [0.4, 0.5) is 11.8 Å². The van der Waals surface area contributed by atoms with Crippen LogP contribution in [0.15, 0.2) is 128 Å². The average Bonchev–Trinajstić information content (AvgIpc) is 3.56. The van der Waals surface area contributed by atoms with Gasteiger partial charge in [0.15, 0.2) is 0 Å². The van der Waals surface area contributed by atoms with Crippen LogP contribution in [0, 0.1) is 13.8 Å². The van der Waals surface area contributed by atoms with Gasteiger partial charge in [-0.1, -0.05) is 118 Å². The lowest BCUT2D eigenvalue weighted by atomic mass is 10.1. The van der Waals surface area contributed by atoms with E-state index in [1.807, 2.05) is 72.8 Å². The van der Waals surface area contributed by atoms with Crippen molar-refractivity contribution in [1.82, 2.24) is 10.3 Å². The van der Waals surface area contributed by atoms with Gasteiger partial charge in [-0.15, -0.1) is 0 Å². The van der Waals surface area contributed by atoms with E-state index in [0.29, 0.717) is 11.4 Å². The number of nitrogens with one attached hydrogen (secondary N) is 2. The predicted molar refractivity (Wildman–Crippen MR) is 178 cm³/mol. The minimum Gasteiger partial charge on any atom is -0.336 e. The molecule has 4 aromatic carbocycles. The first-order valence-electron chi connectivity index (χ1n) is 13.5. The Labute approximate surface area is 276 Å². The van der Waals surface area contributed by atoms with Crippen molar-refractivity contribution < 1.29 is 25.9 Å². The summed E-state index contributed by atoms with van der Waals surface area (Å²) >= 11 is 11.9. The quantitative estimate of drug-likeness (QED) is 0.162.